The van der Waals surface area contributed by atoms with Gasteiger partial charge >= 0.3 is 0 Å². The molecule has 1 unspecified atom stereocenters. The van der Waals surface area contributed by atoms with Crippen LogP contribution < -0.4 is 5.73 Å². The van der Waals surface area contributed by atoms with Gasteiger partial charge in [0, 0.05) is 12.4 Å². The summed E-state index contributed by atoms with van der Waals surface area (Å²) in [6.07, 6.45) is 5.44. The quantitative estimate of drug-likeness (QED) is 0.801. The average molecular weight is 205 g/mol. The molecule has 6 heteroatoms. The largest absolute Gasteiger partial charge is 0.334 e. The Morgan fingerprint density at radius 2 is 2.13 bits per heavy atom. The first-order chi connectivity index (χ1) is 7.31. The van der Waals surface area contributed by atoms with Crippen LogP contribution in [-0.2, 0) is 0 Å². The summed E-state index contributed by atoms with van der Waals surface area (Å²) in [4.78, 5) is 11.9. The van der Waals surface area contributed by atoms with Crippen molar-refractivity contribution >= 4 is 0 Å². The summed E-state index contributed by atoms with van der Waals surface area (Å²) in [5, 5.41) is 3.80. The molecule has 1 atom stereocenters. The third-order valence-electron chi connectivity index (χ3n) is 2.02. The standard InChI is InChI=1S/C9H11N5O/c1-2-7(10)8-13-9(15-14-8)6-3-11-5-12-4-6/h3-5,7H,2,10H2,1H3. The van der Waals surface area contributed by atoms with E-state index in [9.17, 15) is 0 Å². The maximum atomic E-state index is 5.77. The number of hydrogen-bond donors (Lipinski definition) is 1. The van der Waals surface area contributed by atoms with Crippen molar-refractivity contribution in [2.24, 2.45) is 5.73 Å². The van der Waals surface area contributed by atoms with E-state index in [4.69, 9.17) is 10.3 Å². The van der Waals surface area contributed by atoms with Crippen LogP contribution in [0, 0.1) is 0 Å². The van der Waals surface area contributed by atoms with Crippen molar-refractivity contribution in [2.75, 3.05) is 0 Å². The fourth-order valence-electron chi connectivity index (χ4n) is 1.09. The summed E-state index contributed by atoms with van der Waals surface area (Å²) < 4.78 is 5.05. The molecule has 0 amide bonds. The van der Waals surface area contributed by atoms with Crippen molar-refractivity contribution in [1.29, 1.82) is 0 Å². The monoisotopic (exact) mass is 205 g/mol. The van der Waals surface area contributed by atoms with E-state index in [-0.39, 0.29) is 6.04 Å². The zero-order chi connectivity index (χ0) is 10.7. The summed E-state index contributed by atoms with van der Waals surface area (Å²) in [6, 6.07) is -0.188. The molecule has 0 aromatic carbocycles. The van der Waals surface area contributed by atoms with Gasteiger partial charge in [0.1, 0.15) is 6.33 Å². The molecule has 0 spiro atoms. The molecular weight excluding hydrogens is 194 g/mol. The first kappa shape index (κ1) is 9.72. The Morgan fingerprint density at radius 1 is 1.40 bits per heavy atom. The highest BCUT2D eigenvalue weighted by Crippen LogP contribution is 2.17. The minimum Gasteiger partial charge on any atom is -0.334 e. The van der Waals surface area contributed by atoms with E-state index in [1.165, 1.54) is 6.33 Å². The average Bonchev–Trinajstić information content (AvgIpc) is 2.78. The zero-order valence-corrected chi connectivity index (χ0v) is 8.29. The highest BCUT2D eigenvalue weighted by Gasteiger charge is 2.13. The van der Waals surface area contributed by atoms with E-state index in [0.717, 1.165) is 6.42 Å². The van der Waals surface area contributed by atoms with Gasteiger partial charge in [-0.05, 0) is 6.42 Å². The SMILES string of the molecule is CCC(N)c1noc(-c2cncnc2)n1. The van der Waals surface area contributed by atoms with Crippen molar-refractivity contribution in [3.8, 4) is 11.5 Å². The Bertz CT molecular complexity index is 427. The number of aromatic nitrogens is 4. The van der Waals surface area contributed by atoms with Crippen molar-refractivity contribution in [2.45, 2.75) is 19.4 Å². The topological polar surface area (TPSA) is 90.7 Å². The van der Waals surface area contributed by atoms with Crippen LogP contribution in [0.4, 0.5) is 0 Å². The summed E-state index contributed by atoms with van der Waals surface area (Å²) >= 11 is 0. The van der Waals surface area contributed by atoms with E-state index in [0.29, 0.717) is 17.3 Å². The second-order valence-electron chi connectivity index (χ2n) is 3.10. The highest BCUT2D eigenvalue weighted by molar-refractivity contribution is 5.48. The summed E-state index contributed by atoms with van der Waals surface area (Å²) in [6.45, 7) is 1.96. The van der Waals surface area contributed by atoms with Gasteiger partial charge in [0.05, 0.1) is 11.6 Å². The minimum atomic E-state index is -0.188. The predicted molar refractivity (Wildman–Crippen MR) is 52.5 cm³/mol. The van der Waals surface area contributed by atoms with Crippen LogP contribution >= 0.6 is 0 Å². The minimum absolute atomic E-state index is 0.188. The van der Waals surface area contributed by atoms with Gasteiger partial charge < -0.3 is 10.3 Å². The molecule has 78 valence electrons. The molecule has 15 heavy (non-hydrogen) atoms. The fraction of sp³-hybridized carbons (Fsp3) is 0.333. The molecule has 2 heterocycles. The summed E-state index contributed by atoms with van der Waals surface area (Å²) in [5.74, 6) is 0.908. The fourth-order valence-corrected chi connectivity index (χ4v) is 1.09. The lowest BCUT2D eigenvalue weighted by Gasteiger charge is -1.99. The third-order valence-corrected chi connectivity index (χ3v) is 2.02. The first-order valence-electron chi connectivity index (χ1n) is 4.66. The van der Waals surface area contributed by atoms with Crippen LogP contribution in [0.1, 0.15) is 25.2 Å². The van der Waals surface area contributed by atoms with Gasteiger partial charge in [-0.1, -0.05) is 12.1 Å². The van der Waals surface area contributed by atoms with Crippen molar-refractivity contribution in [3.63, 3.8) is 0 Å². The Labute approximate surface area is 86.5 Å². The molecule has 6 nitrogen and oxygen atoms in total. The summed E-state index contributed by atoms with van der Waals surface area (Å²) in [5.41, 5.74) is 6.46. The van der Waals surface area contributed by atoms with Crippen molar-refractivity contribution in [3.05, 3.63) is 24.5 Å². The molecule has 0 aliphatic rings. The van der Waals surface area contributed by atoms with E-state index in [2.05, 4.69) is 20.1 Å². The summed E-state index contributed by atoms with van der Waals surface area (Å²) in [7, 11) is 0. The molecule has 0 saturated carbocycles. The molecule has 0 saturated heterocycles. The zero-order valence-electron chi connectivity index (χ0n) is 8.29. The van der Waals surface area contributed by atoms with E-state index in [1.807, 2.05) is 6.92 Å². The molecule has 0 bridgehead atoms. The normalized spacial score (nSPS) is 12.7. The van der Waals surface area contributed by atoms with Crippen LogP contribution in [0.25, 0.3) is 11.5 Å². The van der Waals surface area contributed by atoms with Gasteiger partial charge in [-0.25, -0.2) is 9.97 Å². The Hall–Kier alpha value is -1.82. The van der Waals surface area contributed by atoms with Crippen molar-refractivity contribution < 1.29 is 4.52 Å². The molecule has 0 aliphatic carbocycles. The smallest absolute Gasteiger partial charge is 0.261 e. The lowest BCUT2D eigenvalue weighted by atomic mass is 10.2. The number of nitrogens with two attached hydrogens (primary N) is 1. The second kappa shape index (κ2) is 4.14. The molecule has 2 aromatic rings. The van der Waals surface area contributed by atoms with E-state index < -0.39 is 0 Å². The van der Waals surface area contributed by atoms with Gasteiger partial charge in [0.15, 0.2) is 5.82 Å². The Morgan fingerprint density at radius 3 is 2.80 bits per heavy atom. The van der Waals surface area contributed by atoms with E-state index >= 15 is 0 Å². The maximum Gasteiger partial charge on any atom is 0.261 e. The Kier molecular flexibility index (Phi) is 2.68. The van der Waals surface area contributed by atoms with Gasteiger partial charge in [-0.15, -0.1) is 0 Å². The molecule has 0 aliphatic heterocycles. The molecule has 0 radical (unpaired) electrons. The van der Waals surface area contributed by atoms with Gasteiger partial charge in [0.25, 0.3) is 5.89 Å². The Balaban J connectivity index is 2.28. The van der Waals surface area contributed by atoms with E-state index in [1.54, 1.807) is 12.4 Å². The van der Waals surface area contributed by atoms with Crippen LogP contribution in [-0.4, -0.2) is 20.1 Å². The molecule has 2 aromatic heterocycles. The van der Waals surface area contributed by atoms with Crippen LogP contribution in [0.2, 0.25) is 0 Å². The van der Waals surface area contributed by atoms with Crippen molar-refractivity contribution in [1.82, 2.24) is 20.1 Å². The highest BCUT2D eigenvalue weighted by atomic mass is 16.5. The third kappa shape index (κ3) is 1.99. The molecular formula is C9H11N5O. The molecule has 0 fully saturated rings. The number of nitrogens with zero attached hydrogens (tertiary/aromatic N) is 4. The van der Waals surface area contributed by atoms with Crippen LogP contribution in [0.3, 0.4) is 0 Å². The van der Waals surface area contributed by atoms with Gasteiger partial charge in [0.2, 0.25) is 0 Å². The maximum absolute atomic E-state index is 5.77. The van der Waals surface area contributed by atoms with Crippen LogP contribution in [0.15, 0.2) is 23.2 Å². The number of rotatable bonds is 3. The first-order valence-corrected chi connectivity index (χ1v) is 4.66. The lowest BCUT2D eigenvalue weighted by Crippen LogP contribution is -2.10. The number of hydrogen-bond acceptors (Lipinski definition) is 6. The predicted octanol–water partition coefficient (Wildman–Crippen LogP) is 0.936. The lowest BCUT2D eigenvalue weighted by molar-refractivity contribution is 0.415. The van der Waals surface area contributed by atoms with Gasteiger partial charge in [-0.2, -0.15) is 4.98 Å². The van der Waals surface area contributed by atoms with Gasteiger partial charge in [-0.3, -0.25) is 0 Å². The molecule has 2 N–H and O–H groups in total. The van der Waals surface area contributed by atoms with Crippen LogP contribution in [0.5, 0.6) is 0 Å². The second-order valence-corrected chi connectivity index (χ2v) is 3.10. The molecule has 2 rings (SSSR count).